The summed E-state index contributed by atoms with van der Waals surface area (Å²) in [5.74, 6) is -0.172. The fraction of sp³-hybridized carbons (Fsp3) is 0.133. The van der Waals surface area contributed by atoms with Gasteiger partial charge in [0.05, 0.1) is 6.61 Å². The molecular formula is C15H15NO2. The average Bonchev–Trinajstić information content (AvgIpc) is 2.41. The van der Waals surface area contributed by atoms with Crippen LogP contribution in [0.15, 0.2) is 48.5 Å². The van der Waals surface area contributed by atoms with Crippen molar-refractivity contribution in [3.8, 4) is 0 Å². The summed E-state index contributed by atoms with van der Waals surface area (Å²) in [5, 5.41) is 12.1. The number of nitrogens with one attached hydrogen (secondary N) is 1. The van der Waals surface area contributed by atoms with Crippen molar-refractivity contribution in [2.75, 3.05) is 5.32 Å². The van der Waals surface area contributed by atoms with Gasteiger partial charge in [0.1, 0.15) is 0 Å². The Balaban J connectivity index is 2.22. The lowest BCUT2D eigenvalue weighted by Gasteiger charge is -2.10. The van der Waals surface area contributed by atoms with E-state index in [2.05, 4.69) is 5.32 Å². The molecule has 0 aliphatic rings. The van der Waals surface area contributed by atoms with E-state index in [-0.39, 0.29) is 12.5 Å². The van der Waals surface area contributed by atoms with Gasteiger partial charge >= 0.3 is 0 Å². The minimum absolute atomic E-state index is 0.0912. The van der Waals surface area contributed by atoms with E-state index in [1.165, 1.54) is 0 Å². The van der Waals surface area contributed by atoms with Crippen molar-refractivity contribution < 1.29 is 9.90 Å². The maximum atomic E-state index is 12.0. The van der Waals surface area contributed by atoms with Gasteiger partial charge in [0.25, 0.3) is 5.91 Å². The molecule has 0 fully saturated rings. The molecule has 0 saturated carbocycles. The highest BCUT2D eigenvalue weighted by atomic mass is 16.3. The Hall–Kier alpha value is -2.13. The molecule has 0 aliphatic heterocycles. The van der Waals surface area contributed by atoms with E-state index in [9.17, 15) is 9.90 Å². The van der Waals surface area contributed by atoms with Crippen LogP contribution in [0.3, 0.4) is 0 Å². The maximum Gasteiger partial charge on any atom is 0.255 e. The maximum absolute atomic E-state index is 12.0. The highest BCUT2D eigenvalue weighted by molar-refractivity contribution is 6.04. The van der Waals surface area contributed by atoms with E-state index in [0.717, 1.165) is 11.1 Å². The molecule has 0 heterocycles. The summed E-state index contributed by atoms with van der Waals surface area (Å²) in [5.41, 5.74) is 3.02. The highest BCUT2D eigenvalue weighted by Gasteiger charge is 2.08. The third-order valence-electron chi connectivity index (χ3n) is 2.72. The smallest absolute Gasteiger partial charge is 0.255 e. The van der Waals surface area contributed by atoms with Gasteiger partial charge in [-0.25, -0.2) is 0 Å². The molecule has 0 unspecified atom stereocenters. The number of carbonyl (C=O) groups is 1. The van der Waals surface area contributed by atoms with Crippen molar-refractivity contribution in [1.82, 2.24) is 0 Å². The first kappa shape index (κ1) is 12.3. The van der Waals surface area contributed by atoms with Crippen LogP contribution < -0.4 is 5.32 Å². The van der Waals surface area contributed by atoms with Crippen LogP contribution in [0.1, 0.15) is 21.5 Å². The normalized spacial score (nSPS) is 10.1. The molecule has 3 heteroatoms. The van der Waals surface area contributed by atoms with Crippen LogP contribution >= 0.6 is 0 Å². The fourth-order valence-corrected chi connectivity index (χ4v) is 1.76. The Labute approximate surface area is 106 Å². The molecule has 0 saturated heterocycles. The first-order valence-corrected chi connectivity index (χ1v) is 5.77. The van der Waals surface area contributed by atoms with Gasteiger partial charge in [0.15, 0.2) is 0 Å². The van der Waals surface area contributed by atoms with Crippen LogP contribution in [0.5, 0.6) is 0 Å². The summed E-state index contributed by atoms with van der Waals surface area (Å²) in [6.45, 7) is 1.86. The molecule has 0 aliphatic carbocycles. The molecule has 0 bridgehead atoms. The van der Waals surface area contributed by atoms with Gasteiger partial charge in [-0.15, -0.1) is 0 Å². The molecular weight excluding hydrogens is 226 g/mol. The van der Waals surface area contributed by atoms with Crippen LogP contribution in [0.25, 0.3) is 0 Å². The van der Waals surface area contributed by atoms with Crippen molar-refractivity contribution in [2.45, 2.75) is 13.5 Å². The average molecular weight is 241 g/mol. The van der Waals surface area contributed by atoms with Crippen molar-refractivity contribution in [1.29, 1.82) is 0 Å². The van der Waals surface area contributed by atoms with Gasteiger partial charge in [-0.2, -0.15) is 0 Å². The molecule has 2 N–H and O–H groups in total. The van der Waals surface area contributed by atoms with Gasteiger partial charge in [0, 0.05) is 16.8 Å². The van der Waals surface area contributed by atoms with E-state index < -0.39 is 0 Å². The van der Waals surface area contributed by atoms with E-state index in [1.807, 2.05) is 43.3 Å². The predicted octanol–water partition coefficient (Wildman–Crippen LogP) is 2.74. The number of aryl methyl sites for hydroxylation is 1. The van der Waals surface area contributed by atoms with Gasteiger partial charge in [-0.05, 0) is 25.1 Å². The molecule has 0 atom stereocenters. The number of anilines is 1. The number of carbonyl (C=O) groups excluding carboxylic acids is 1. The molecule has 0 aromatic heterocycles. The quantitative estimate of drug-likeness (QED) is 0.868. The minimum Gasteiger partial charge on any atom is -0.392 e. The number of aliphatic hydroxyl groups is 1. The van der Waals surface area contributed by atoms with Crippen molar-refractivity contribution in [2.24, 2.45) is 0 Å². The number of amides is 1. The summed E-state index contributed by atoms with van der Waals surface area (Å²) in [7, 11) is 0. The number of hydrogen-bond acceptors (Lipinski definition) is 2. The lowest BCUT2D eigenvalue weighted by Crippen LogP contribution is -2.13. The van der Waals surface area contributed by atoms with Gasteiger partial charge < -0.3 is 10.4 Å². The van der Waals surface area contributed by atoms with Crippen LogP contribution in [0, 0.1) is 6.92 Å². The van der Waals surface area contributed by atoms with Crippen LogP contribution in [0.2, 0.25) is 0 Å². The SMILES string of the molecule is Cc1ccc(NC(=O)c2ccccc2)c(CO)c1. The largest absolute Gasteiger partial charge is 0.392 e. The van der Waals surface area contributed by atoms with Crippen LogP contribution in [-0.2, 0) is 6.61 Å². The Bertz CT molecular complexity index is 550. The molecule has 2 aromatic rings. The molecule has 18 heavy (non-hydrogen) atoms. The van der Waals surface area contributed by atoms with Gasteiger partial charge in [-0.3, -0.25) is 4.79 Å². The Morgan fingerprint density at radius 2 is 1.89 bits per heavy atom. The monoisotopic (exact) mass is 241 g/mol. The lowest BCUT2D eigenvalue weighted by atomic mass is 10.1. The molecule has 3 nitrogen and oxygen atoms in total. The van der Waals surface area contributed by atoms with E-state index >= 15 is 0 Å². The summed E-state index contributed by atoms with van der Waals surface area (Å²) in [4.78, 5) is 12.0. The predicted molar refractivity (Wildman–Crippen MR) is 71.5 cm³/mol. The molecule has 0 radical (unpaired) electrons. The lowest BCUT2D eigenvalue weighted by molar-refractivity contribution is 0.102. The number of aliphatic hydroxyl groups excluding tert-OH is 1. The van der Waals surface area contributed by atoms with Gasteiger partial charge in [-0.1, -0.05) is 35.9 Å². The summed E-state index contributed by atoms with van der Waals surface area (Å²) < 4.78 is 0. The second kappa shape index (κ2) is 5.47. The topological polar surface area (TPSA) is 49.3 Å². The van der Waals surface area contributed by atoms with E-state index in [4.69, 9.17) is 0 Å². The minimum atomic E-state index is -0.172. The first-order valence-electron chi connectivity index (χ1n) is 5.77. The summed E-state index contributed by atoms with van der Waals surface area (Å²) >= 11 is 0. The second-order valence-corrected chi connectivity index (χ2v) is 4.14. The van der Waals surface area contributed by atoms with Crippen molar-refractivity contribution in [3.63, 3.8) is 0 Å². The standard InChI is InChI=1S/C15H15NO2/c1-11-7-8-14(13(9-11)10-17)16-15(18)12-5-3-2-4-6-12/h2-9,17H,10H2,1H3,(H,16,18). The van der Waals surface area contributed by atoms with E-state index in [0.29, 0.717) is 11.3 Å². The Morgan fingerprint density at radius 1 is 1.17 bits per heavy atom. The fourth-order valence-electron chi connectivity index (χ4n) is 1.76. The zero-order valence-electron chi connectivity index (χ0n) is 10.2. The summed E-state index contributed by atoms with van der Waals surface area (Å²) in [6.07, 6.45) is 0. The zero-order chi connectivity index (χ0) is 13.0. The molecule has 1 amide bonds. The molecule has 92 valence electrons. The molecule has 2 aromatic carbocycles. The van der Waals surface area contributed by atoms with Gasteiger partial charge in [0.2, 0.25) is 0 Å². The Kier molecular flexibility index (Phi) is 3.75. The van der Waals surface area contributed by atoms with Crippen LogP contribution in [-0.4, -0.2) is 11.0 Å². The second-order valence-electron chi connectivity index (χ2n) is 4.14. The summed E-state index contributed by atoms with van der Waals surface area (Å²) in [6, 6.07) is 14.6. The third kappa shape index (κ3) is 2.76. The van der Waals surface area contributed by atoms with Crippen molar-refractivity contribution in [3.05, 3.63) is 65.2 Å². The van der Waals surface area contributed by atoms with Crippen molar-refractivity contribution >= 4 is 11.6 Å². The highest BCUT2D eigenvalue weighted by Crippen LogP contribution is 2.18. The zero-order valence-corrected chi connectivity index (χ0v) is 10.2. The van der Waals surface area contributed by atoms with Crippen LogP contribution in [0.4, 0.5) is 5.69 Å². The Morgan fingerprint density at radius 3 is 2.56 bits per heavy atom. The third-order valence-corrected chi connectivity index (χ3v) is 2.72. The number of rotatable bonds is 3. The molecule has 2 rings (SSSR count). The first-order chi connectivity index (χ1) is 8.70. The molecule has 0 spiro atoms. The number of benzene rings is 2. The number of hydrogen-bond donors (Lipinski definition) is 2. The van der Waals surface area contributed by atoms with E-state index in [1.54, 1.807) is 12.1 Å².